The lowest BCUT2D eigenvalue weighted by Gasteiger charge is -2.32. The lowest BCUT2D eigenvalue weighted by atomic mass is 9.96. The average molecular weight is 403 g/mol. The molecule has 0 spiro atoms. The fourth-order valence-electron chi connectivity index (χ4n) is 3.21. The maximum absolute atomic E-state index is 12.7. The van der Waals surface area contributed by atoms with Gasteiger partial charge < -0.3 is 10.2 Å². The molecule has 0 unspecified atom stereocenters. The van der Waals surface area contributed by atoms with Crippen LogP contribution in [0.1, 0.15) is 28.9 Å². The van der Waals surface area contributed by atoms with Crippen LogP contribution in [0.2, 0.25) is 0 Å². The van der Waals surface area contributed by atoms with Crippen molar-refractivity contribution in [3.63, 3.8) is 0 Å². The minimum absolute atomic E-state index is 0. The Morgan fingerprint density at radius 1 is 1.26 bits per heavy atom. The van der Waals surface area contributed by atoms with E-state index in [1.165, 1.54) is 6.20 Å². The molecule has 0 saturated carbocycles. The largest absolute Gasteiger partial charge is 0.435 e. The number of nitrogens with zero attached hydrogens (tertiary/aromatic N) is 3. The molecule has 1 amide bonds. The van der Waals surface area contributed by atoms with Gasteiger partial charge in [-0.2, -0.15) is 18.3 Å². The SMILES string of the molecule is CNCC1CCN(C(=O)c2cccc(-n3ccc(C(F)(F)F)n3)c2)CC1.Cl. The summed E-state index contributed by atoms with van der Waals surface area (Å²) in [6.07, 6.45) is -1.35. The van der Waals surface area contributed by atoms with E-state index in [9.17, 15) is 18.0 Å². The zero-order valence-electron chi connectivity index (χ0n) is 14.9. The average Bonchev–Trinajstić information content (AvgIpc) is 3.13. The molecule has 27 heavy (non-hydrogen) atoms. The minimum Gasteiger partial charge on any atom is -0.339 e. The third kappa shape index (κ3) is 5.01. The van der Waals surface area contributed by atoms with Crippen molar-refractivity contribution in [3.8, 4) is 5.69 Å². The molecule has 1 aromatic carbocycles. The molecule has 148 valence electrons. The fraction of sp³-hybridized carbons (Fsp3) is 0.444. The van der Waals surface area contributed by atoms with Gasteiger partial charge in [0.1, 0.15) is 0 Å². The van der Waals surface area contributed by atoms with Crippen LogP contribution in [0.4, 0.5) is 13.2 Å². The van der Waals surface area contributed by atoms with E-state index < -0.39 is 11.9 Å². The number of benzene rings is 1. The molecule has 2 aromatic rings. The topological polar surface area (TPSA) is 50.2 Å². The van der Waals surface area contributed by atoms with Crippen molar-refractivity contribution in [3.05, 3.63) is 47.8 Å². The van der Waals surface area contributed by atoms with Gasteiger partial charge in [-0.3, -0.25) is 4.79 Å². The monoisotopic (exact) mass is 402 g/mol. The van der Waals surface area contributed by atoms with Crippen LogP contribution in [0.3, 0.4) is 0 Å². The van der Waals surface area contributed by atoms with E-state index in [-0.39, 0.29) is 18.3 Å². The molecule has 0 radical (unpaired) electrons. The van der Waals surface area contributed by atoms with Gasteiger partial charge in [0.15, 0.2) is 5.69 Å². The highest BCUT2D eigenvalue weighted by Gasteiger charge is 2.33. The molecule has 1 aliphatic rings. The Bertz CT molecular complexity index is 770. The number of rotatable bonds is 4. The van der Waals surface area contributed by atoms with E-state index in [2.05, 4.69) is 10.4 Å². The highest BCUT2D eigenvalue weighted by molar-refractivity contribution is 5.94. The number of nitrogens with one attached hydrogen (secondary N) is 1. The molecule has 9 heteroatoms. The summed E-state index contributed by atoms with van der Waals surface area (Å²) in [5.41, 5.74) is -0.0733. The third-order valence-corrected chi connectivity index (χ3v) is 4.63. The smallest absolute Gasteiger partial charge is 0.339 e. The van der Waals surface area contributed by atoms with Crippen molar-refractivity contribution in [1.29, 1.82) is 0 Å². The molecule has 2 heterocycles. The maximum Gasteiger partial charge on any atom is 0.435 e. The lowest BCUT2D eigenvalue weighted by Crippen LogP contribution is -2.40. The van der Waals surface area contributed by atoms with Crippen LogP contribution < -0.4 is 5.32 Å². The number of hydrogen-bond acceptors (Lipinski definition) is 3. The lowest BCUT2D eigenvalue weighted by molar-refractivity contribution is -0.141. The van der Waals surface area contributed by atoms with Gasteiger partial charge in [-0.15, -0.1) is 12.4 Å². The second-order valence-corrected chi connectivity index (χ2v) is 6.49. The first-order valence-electron chi connectivity index (χ1n) is 8.55. The molecule has 1 aliphatic heterocycles. The number of hydrogen-bond donors (Lipinski definition) is 1. The Morgan fingerprint density at radius 2 is 1.96 bits per heavy atom. The number of likely N-dealkylation sites (tertiary alicyclic amines) is 1. The van der Waals surface area contributed by atoms with Gasteiger partial charge in [-0.25, -0.2) is 4.68 Å². The number of halogens is 4. The van der Waals surface area contributed by atoms with Gasteiger partial charge in [-0.05, 0) is 56.6 Å². The number of amides is 1. The molecule has 5 nitrogen and oxygen atoms in total. The summed E-state index contributed by atoms with van der Waals surface area (Å²) in [6.45, 7) is 2.32. The van der Waals surface area contributed by atoms with Crippen LogP contribution in [0, 0.1) is 5.92 Å². The zero-order valence-corrected chi connectivity index (χ0v) is 15.7. The quantitative estimate of drug-likeness (QED) is 0.853. The summed E-state index contributed by atoms with van der Waals surface area (Å²) in [5, 5.41) is 6.71. The van der Waals surface area contributed by atoms with Crippen LogP contribution in [0.15, 0.2) is 36.5 Å². The maximum atomic E-state index is 12.7. The van der Waals surface area contributed by atoms with Crippen molar-refractivity contribution in [2.24, 2.45) is 5.92 Å². The van der Waals surface area contributed by atoms with E-state index >= 15 is 0 Å². The first-order chi connectivity index (χ1) is 12.4. The molecular formula is C18H22ClF3N4O. The van der Waals surface area contributed by atoms with E-state index in [1.54, 1.807) is 29.2 Å². The molecule has 1 fully saturated rings. The van der Waals surface area contributed by atoms with Crippen LogP contribution in [-0.4, -0.2) is 47.3 Å². The Morgan fingerprint density at radius 3 is 2.56 bits per heavy atom. The highest BCUT2D eigenvalue weighted by Crippen LogP contribution is 2.28. The summed E-state index contributed by atoms with van der Waals surface area (Å²) in [6, 6.07) is 7.46. The summed E-state index contributed by atoms with van der Waals surface area (Å²) >= 11 is 0. The predicted molar refractivity (Wildman–Crippen MR) is 98.4 cm³/mol. The second-order valence-electron chi connectivity index (χ2n) is 6.49. The summed E-state index contributed by atoms with van der Waals surface area (Å²) in [5.74, 6) is 0.471. The van der Waals surface area contributed by atoms with Crippen molar-refractivity contribution in [2.45, 2.75) is 19.0 Å². The second kappa shape index (κ2) is 8.75. The Balaban J connectivity index is 0.00000261. The van der Waals surface area contributed by atoms with Crippen LogP contribution >= 0.6 is 12.4 Å². The van der Waals surface area contributed by atoms with E-state index in [1.807, 2.05) is 7.05 Å². The number of alkyl halides is 3. The van der Waals surface area contributed by atoms with Crippen LogP contribution in [-0.2, 0) is 6.18 Å². The van der Waals surface area contributed by atoms with Gasteiger partial charge in [0.25, 0.3) is 5.91 Å². The summed E-state index contributed by atoms with van der Waals surface area (Å²) in [4.78, 5) is 14.5. The first-order valence-corrected chi connectivity index (χ1v) is 8.55. The van der Waals surface area contributed by atoms with Gasteiger partial charge >= 0.3 is 6.18 Å². The number of aromatic nitrogens is 2. The van der Waals surface area contributed by atoms with Gasteiger partial charge in [0, 0.05) is 24.8 Å². The summed E-state index contributed by atoms with van der Waals surface area (Å²) in [7, 11) is 1.92. The first kappa shape index (κ1) is 21.2. The number of carbonyl (C=O) groups is 1. The zero-order chi connectivity index (χ0) is 18.7. The summed E-state index contributed by atoms with van der Waals surface area (Å²) < 4.78 is 39.3. The minimum atomic E-state index is -4.49. The molecule has 1 N–H and O–H groups in total. The third-order valence-electron chi connectivity index (χ3n) is 4.63. The van der Waals surface area contributed by atoms with Crippen molar-refractivity contribution >= 4 is 18.3 Å². The van der Waals surface area contributed by atoms with E-state index in [0.29, 0.717) is 30.3 Å². The predicted octanol–water partition coefficient (Wildman–Crippen LogP) is 3.38. The van der Waals surface area contributed by atoms with Crippen LogP contribution in [0.25, 0.3) is 5.69 Å². The molecular weight excluding hydrogens is 381 g/mol. The van der Waals surface area contributed by atoms with Crippen LogP contribution in [0.5, 0.6) is 0 Å². The molecule has 0 atom stereocenters. The molecule has 0 bridgehead atoms. The standard InChI is InChI=1S/C18H21F3N4O.ClH/c1-22-12-13-5-8-24(9-6-13)17(26)14-3-2-4-15(11-14)25-10-7-16(23-25)18(19,20)21;/h2-4,7,10-11,13,22H,5-6,8-9,12H2,1H3;1H. The van der Waals surface area contributed by atoms with Gasteiger partial charge in [0.2, 0.25) is 0 Å². The van der Waals surface area contributed by atoms with Gasteiger partial charge in [-0.1, -0.05) is 6.07 Å². The fourth-order valence-corrected chi connectivity index (χ4v) is 3.21. The molecule has 1 aromatic heterocycles. The number of carbonyl (C=O) groups excluding carboxylic acids is 1. The van der Waals surface area contributed by atoms with Crippen molar-refractivity contribution in [1.82, 2.24) is 20.0 Å². The molecule has 1 saturated heterocycles. The normalized spacial score (nSPS) is 15.5. The van der Waals surface area contributed by atoms with E-state index in [0.717, 1.165) is 30.1 Å². The van der Waals surface area contributed by atoms with Crippen molar-refractivity contribution < 1.29 is 18.0 Å². The molecule has 3 rings (SSSR count). The van der Waals surface area contributed by atoms with Crippen molar-refractivity contribution in [2.75, 3.05) is 26.7 Å². The highest BCUT2D eigenvalue weighted by atomic mass is 35.5. The Kier molecular flexibility index (Phi) is 6.89. The Labute approximate surface area is 161 Å². The number of piperidine rings is 1. The molecule has 0 aliphatic carbocycles. The Hall–Kier alpha value is -2.06. The van der Waals surface area contributed by atoms with E-state index in [4.69, 9.17) is 0 Å². The van der Waals surface area contributed by atoms with Gasteiger partial charge in [0.05, 0.1) is 5.69 Å².